The Kier molecular flexibility index (Phi) is 7.22. The number of halogens is 2. The minimum absolute atomic E-state index is 0. The largest absolute Gasteiger partial charge is 0.453 e. The Morgan fingerprint density at radius 3 is 2.32 bits per heavy atom. The summed E-state index contributed by atoms with van der Waals surface area (Å²) in [5.74, 6) is 0.666. The summed E-state index contributed by atoms with van der Waals surface area (Å²) >= 11 is 4.70. The second-order valence-corrected chi connectivity index (χ2v) is 3.75. The molecule has 0 saturated carbocycles. The number of rotatable bonds is 3. The van der Waals surface area contributed by atoms with Crippen molar-refractivity contribution in [1.29, 1.82) is 0 Å². The normalized spacial score (nSPS) is 8.84. The zero-order valence-electron chi connectivity index (χ0n) is 9.91. The van der Waals surface area contributed by atoms with Crippen molar-refractivity contribution >= 4 is 54.0 Å². The quantitative estimate of drug-likeness (QED) is 0.669. The Morgan fingerprint density at radius 2 is 1.63 bits per heavy atom. The van der Waals surface area contributed by atoms with Crippen LogP contribution in [0.3, 0.4) is 0 Å². The highest BCUT2D eigenvalue weighted by molar-refractivity contribution is 7.78. The van der Waals surface area contributed by atoms with E-state index in [9.17, 15) is 0 Å². The van der Waals surface area contributed by atoms with Crippen LogP contribution < -0.4 is 16.2 Å². The molecule has 0 amide bonds. The zero-order chi connectivity index (χ0) is 12.3. The summed E-state index contributed by atoms with van der Waals surface area (Å²) in [6, 6.07) is 12.9. The third-order valence-corrected chi connectivity index (χ3v) is 2.53. The van der Waals surface area contributed by atoms with Crippen LogP contribution in [0.15, 0.2) is 42.5 Å². The Morgan fingerprint density at radius 1 is 0.947 bits per heavy atom. The SMILES string of the molecule is Cl.Cl.Nc1ccc(N)c(-c2ccccc2OC=S)c1. The molecule has 2 rings (SSSR count). The molecule has 0 bridgehead atoms. The number of hydrogen-bond donors (Lipinski definition) is 2. The van der Waals surface area contributed by atoms with Crippen LogP contribution in [-0.4, -0.2) is 5.55 Å². The van der Waals surface area contributed by atoms with Gasteiger partial charge in [-0.2, -0.15) is 0 Å². The van der Waals surface area contributed by atoms with Gasteiger partial charge < -0.3 is 16.2 Å². The van der Waals surface area contributed by atoms with E-state index in [2.05, 4.69) is 0 Å². The molecule has 2 aromatic carbocycles. The van der Waals surface area contributed by atoms with Crippen molar-refractivity contribution in [3.8, 4) is 16.9 Å². The summed E-state index contributed by atoms with van der Waals surface area (Å²) in [7, 11) is 0. The van der Waals surface area contributed by atoms with E-state index in [-0.39, 0.29) is 24.8 Å². The van der Waals surface area contributed by atoms with Gasteiger partial charge in [0, 0.05) is 22.5 Å². The zero-order valence-corrected chi connectivity index (χ0v) is 12.4. The molecule has 0 aliphatic rings. The first-order valence-electron chi connectivity index (χ1n) is 5.07. The molecule has 0 heterocycles. The van der Waals surface area contributed by atoms with Gasteiger partial charge >= 0.3 is 0 Å². The Balaban J connectivity index is 0.00000162. The van der Waals surface area contributed by atoms with Gasteiger partial charge in [0.1, 0.15) is 5.75 Å². The molecular weight excluding hydrogens is 303 g/mol. The van der Waals surface area contributed by atoms with Crippen LogP contribution in [0.2, 0.25) is 0 Å². The lowest BCUT2D eigenvalue weighted by atomic mass is 10.0. The molecule has 0 saturated heterocycles. The third-order valence-electron chi connectivity index (χ3n) is 2.43. The fourth-order valence-electron chi connectivity index (χ4n) is 1.65. The number of ether oxygens (including phenoxy) is 1. The first-order chi connectivity index (χ1) is 8.22. The number of nitrogens with two attached hydrogens (primary N) is 2. The molecule has 0 atom stereocenters. The van der Waals surface area contributed by atoms with Gasteiger partial charge in [-0.15, -0.1) is 24.8 Å². The second-order valence-electron chi connectivity index (χ2n) is 3.56. The van der Waals surface area contributed by atoms with Crippen LogP contribution in [0.1, 0.15) is 0 Å². The number of hydrogen-bond acceptors (Lipinski definition) is 4. The number of benzene rings is 2. The van der Waals surface area contributed by atoms with Gasteiger partial charge in [0.25, 0.3) is 0 Å². The van der Waals surface area contributed by atoms with E-state index in [0.717, 1.165) is 11.1 Å². The maximum Gasteiger partial charge on any atom is 0.154 e. The highest BCUT2D eigenvalue weighted by atomic mass is 35.5. The molecule has 0 fully saturated rings. The first-order valence-corrected chi connectivity index (χ1v) is 5.54. The van der Waals surface area contributed by atoms with Gasteiger partial charge in [-0.05, 0) is 36.5 Å². The van der Waals surface area contributed by atoms with Gasteiger partial charge in [-0.25, -0.2) is 0 Å². The molecule has 19 heavy (non-hydrogen) atoms. The monoisotopic (exact) mass is 316 g/mol. The van der Waals surface area contributed by atoms with E-state index in [1.165, 1.54) is 5.55 Å². The van der Waals surface area contributed by atoms with E-state index in [1.54, 1.807) is 12.1 Å². The van der Waals surface area contributed by atoms with Crippen LogP contribution in [0.5, 0.6) is 5.75 Å². The van der Waals surface area contributed by atoms with E-state index in [1.807, 2.05) is 30.3 Å². The summed E-state index contributed by atoms with van der Waals surface area (Å²) in [4.78, 5) is 0. The second kappa shape index (κ2) is 7.84. The summed E-state index contributed by atoms with van der Waals surface area (Å²) in [5.41, 5.74) is 16.0. The van der Waals surface area contributed by atoms with Gasteiger partial charge in [-0.1, -0.05) is 18.2 Å². The van der Waals surface area contributed by atoms with Crippen LogP contribution in [0.4, 0.5) is 11.4 Å². The molecular formula is C13H14Cl2N2OS. The lowest BCUT2D eigenvalue weighted by Gasteiger charge is -2.10. The number of nitrogen functional groups attached to an aromatic ring is 2. The number of anilines is 2. The molecule has 0 unspecified atom stereocenters. The van der Waals surface area contributed by atoms with Crippen molar-refractivity contribution in [3.05, 3.63) is 42.5 Å². The molecule has 2 aromatic rings. The molecule has 6 heteroatoms. The van der Waals surface area contributed by atoms with Crippen LogP contribution in [-0.2, 0) is 0 Å². The van der Waals surface area contributed by atoms with Crippen LogP contribution >= 0.6 is 37.0 Å². The molecule has 0 aromatic heterocycles. The highest BCUT2D eigenvalue weighted by Gasteiger charge is 2.08. The highest BCUT2D eigenvalue weighted by Crippen LogP contribution is 2.34. The minimum atomic E-state index is 0. The summed E-state index contributed by atoms with van der Waals surface area (Å²) in [6.45, 7) is 0. The molecule has 0 aliphatic carbocycles. The van der Waals surface area contributed by atoms with E-state index < -0.39 is 0 Å². The average molecular weight is 317 g/mol. The minimum Gasteiger partial charge on any atom is -0.453 e. The molecule has 3 nitrogen and oxygen atoms in total. The Hall–Kier alpha value is -1.49. The summed E-state index contributed by atoms with van der Waals surface area (Å²) in [6.07, 6.45) is 0. The lowest BCUT2D eigenvalue weighted by molar-refractivity contribution is 0.588. The first kappa shape index (κ1) is 17.5. The van der Waals surface area contributed by atoms with Crippen molar-refractivity contribution in [2.75, 3.05) is 11.5 Å². The predicted molar refractivity (Wildman–Crippen MR) is 89.5 cm³/mol. The Labute approximate surface area is 129 Å². The smallest absolute Gasteiger partial charge is 0.154 e. The lowest BCUT2D eigenvalue weighted by Crippen LogP contribution is -1.95. The maximum atomic E-state index is 5.94. The van der Waals surface area contributed by atoms with Crippen molar-refractivity contribution in [1.82, 2.24) is 0 Å². The van der Waals surface area contributed by atoms with Gasteiger partial charge in [0.05, 0.1) is 0 Å². The van der Waals surface area contributed by atoms with Crippen molar-refractivity contribution in [2.45, 2.75) is 0 Å². The predicted octanol–water partition coefficient (Wildman–Crippen LogP) is 3.70. The van der Waals surface area contributed by atoms with Crippen molar-refractivity contribution in [3.63, 3.8) is 0 Å². The molecule has 0 radical (unpaired) electrons. The van der Waals surface area contributed by atoms with Crippen LogP contribution in [0.25, 0.3) is 11.1 Å². The standard InChI is InChI=1S/C13H12N2OS.2ClH/c14-9-5-6-12(15)11(7-9)10-3-1-2-4-13(10)16-8-17;;/h1-8H,14-15H2;2*1H. The van der Waals surface area contributed by atoms with E-state index in [0.29, 0.717) is 17.1 Å². The van der Waals surface area contributed by atoms with Gasteiger partial charge in [-0.3, -0.25) is 0 Å². The van der Waals surface area contributed by atoms with E-state index >= 15 is 0 Å². The van der Waals surface area contributed by atoms with Gasteiger partial charge in [0.2, 0.25) is 0 Å². The fraction of sp³-hybridized carbons (Fsp3) is 0. The van der Waals surface area contributed by atoms with Crippen molar-refractivity contribution < 1.29 is 4.74 Å². The molecule has 0 spiro atoms. The third kappa shape index (κ3) is 3.99. The van der Waals surface area contributed by atoms with Crippen LogP contribution in [0, 0.1) is 0 Å². The number of thiocarbonyl (C=S) groups is 1. The average Bonchev–Trinajstić information content (AvgIpc) is 2.34. The fourth-order valence-corrected chi connectivity index (χ4v) is 1.75. The van der Waals surface area contributed by atoms with Crippen molar-refractivity contribution in [2.24, 2.45) is 0 Å². The topological polar surface area (TPSA) is 61.3 Å². The number of para-hydroxylation sites is 1. The summed E-state index contributed by atoms with van der Waals surface area (Å²) < 4.78 is 5.28. The molecule has 102 valence electrons. The molecule has 4 N–H and O–H groups in total. The van der Waals surface area contributed by atoms with E-state index in [4.69, 9.17) is 28.4 Å². The van der Waals surface area contributed by atoms with Gasteiger partial charge in [0.15, 0.2) is 5.55 Å². The summed E-state index contributed by atoms with van der Waals surface area (Å²) in [5, 5.41) is 0. The Bertz CT molecular complexity index is 564. The maximum absolute atomic E-state index is 5.94. The molecule has 0 aliphatic heterocycles.